The van der Waals surface area contributed by atoms with Crippen LogP contribution < -0.4 is 5.43 Å². The monoisotopic (exact) mass is 196 g/mol. The predicted octanol–water partition coefficient (Wildman–Crippen LogP) is 2.29. The molecule has 0 spiro atoms. The molecule has 0 bridgehead atoms. The van der Waals surface area contributed by atoms with Gasteiger partial charge in [-0.2, -0.15) is 5.10 Å². The number of halogens is 2. The molecule has 0 aromatic heterocycles. The van der Waals surface area contributed by atoms with Crippen molar-refractivity contribution in [1.82, 2.24) is 5.43 Å². The van der Waals surface area contributed by atoms with Crippen molar-refractivity contribution in [3.05, 3.63) is 34.9 Å². The van der Waals surface area contributed by atoms with Crippen molar-refractivity contribution < 1.29 is 8.78 Å². The molecule has 1 heterocycles. The van der Waals surface area contributed by atoms with Gasteiger partial charge < -0.3 is 5.43 Å². The summed E-state index contributed by atoms with van der Waals surface area (Å²) in [5.74, 6) is -0.762. The van der Waals surface area contributed by atoms with Crippen molar-refractivity contribution >= 4 is 6.21 Å². The number of aryl methyl sites for hydroxylation is 1. The molecule has 2 nitrogen and oxygen atoms in total. The molecule has 0 saturated heterocycles. The van der Waals surface area contributed by atoms with E-state index in [2.05, 4.69) is 10.5 Å². The Morgan fingerprint density at radius 3 is 2.79 bits per heavy atom. The van der Waals surface area contributed by atoms with Crippen LogP contribution in [0, 0.1) is 18.6 Å². The third kappa shape index (κ3) is 1.47. The molecule has 1 aliphatic heterocycles. The summed E-state index contributed by atoms with van der Waals surface area (Å²) in [5.41, 5.74) is 3.39. The Bertz CT molecular complexity index is 380. The largest absolute Gasteiger partial charge is 0.302 e. The van der Waals surface area contributed by atoms with Gasteiger partial charge in [-0.05, 0) is 24.6 Å². The summed E-state index contributed by atoms with van der Waals surface area (Å²) < 4.78 is 26.6. The molecule has 4 heteroatoms. The van der Waals surface area contributed by atoms with Gasteiger partial charge in [0.1, 0.15) is 11.6 Å². The van der Waals surface area contributed by atoms with E-state index in [4.69, 9.17) is 0 Å². The summed E-state index contributed by atoms with van der Waals surface area (Å²) >= 11 is 0. The highest BCUT2D eigenvalue weighted by molar-refractivity contribution is 5.60. The van der Waals surface area contributed by atoms with Crippen molar-refractivity contribution in [3.8, 4) is 0 Å². The van der Waals surface area contributed by atoms with Crippen LogP contribution in [0.3, 0.4) is 0 Å². The standard InChI is InChI=1S/C10H10F2N2/c1-6-4-9(12)7(5-8(6)11)10-2-3-13-14-10/h3-5,10,14H,2H2,1H3. The van der Waals surface area contributed by atoms with Crippen LogP contribution in [0.2, 0.25) is 0 Å². The van der Waals surface area contributed by atoms with Gasteiger partial charge in [0.25, 0.3) is 0 Å². The average Bonchev–Trinajstić information content (AvgIpc) is 2.64. The summed E-state index contributed by atoms with van der Waals surface area (Å²) in [6.45, 7) is 1.54. The fourth-order valence-electron chi connectivity index (χ4n) is 1.48. The molecule has 1 aromatic rings. The number of benzene rings is 1. The van der Waals surface area contributed by atoms with E-state index in [1.54, 1.807) is 13.1 Å². The van der Waals surface area contributed by atoms with E-state index in [9.17, 15) is 8.78 Å². The Kier molecular flexibility index (Phi) is 2.19. The van der Waals surface area contributed by atoms with Crippen molar-refractivity contribution in [2.75, 3.05) is 0 Å². The molecule has 14 heavy (non-hydrogen) atoms. The molecule has 0 radical (unpaired) electrons. The highest BCUT2D eigenvalue weighted by Gasteiger charge is 2.18. The van der Waals surface area contributed by atoms with Crippen LogP contribution in [0.15, 0.2) is 17.2 Å². The molecule has 0 fully saturated rings. The minimum absolute atomic E-state index is 0.231. The molecule has 2 rings (SSSR count). The van der Waals surface area contributed by atoms with Gasteiger partial charge in [-0.3, -0.25) is 0 Å². The van der Waals surface area contributed by atoms with Crippen molar-refractivity contribution in [3.63, 3.8) is 0 Å². The Balaban J connectivity index is 2.38. The zero-order chi connectivity index (χ0) is 10.1. The van der Waals surface area contributed by atoms with Crippen LogP contribution in [-0.4, -0.2) is 6.21 Å². The summed E-state index contributed by atoms with van der Waals surface area (Å²) in [6, 6.07) is 2.21. The number of nitrogens with one attached hydrogen (secondary N) is 1. The maximum Gasteiger partial charge on any atom is 0.129 e. The maximum atomic E-state index is 13.4. The second kappa shape index (κ2) is 3.36. The van der Waals surface area contributed by atoms with Crippen LogP contribution in [0.1, 0.15) is 23.6 Å². The number of hydrogen-bond acceptors (Lipinski definition) is 2. The van der Waals surface area contributed by atoms with Gasteiger partial charge >= 0.3 is 0 Å². The molecule has 1 unspecified atom stereocenters. The Morgan fingerprint density at radius 1 is 1.36 bits per heavy atom. The summed E-state index contributed by atoms with van der Waals surface area (Å²) in [6.07, 6.45) is 2.25. The van der Waals surface area contributed by atoms with Crippen LogP contribution in [0.5, 0.6) is 0 Å². The first kappa shape index (κ1) is 9.12. The van der Waals surface area contributed by atoms with Crippen molar-refractivity contribution in [1.29, 1.82) is 0 Å². The fourth-order valence-corrected chi connectivity index (χ4v) is 1.48. The van der Waals surface area contributed by atoms with Crippen molar-refractivity contribution in [2.24, 2.45) is 5.10 Å². The molecule has 1 aliphatic rings. The van der Waals surface area contributed by atoms with Gasteiger partial charge in [0.05, 0.1) is 6.04 Å². The van der Waals surface area contributed by atoms with Gasteiger partial charge in [0, 0.05) is 18.2 Å². The SMILES string of the molecule is Cc1cc(F)c(C2CC=NN2)cc1F. The topological polar surface area (TPSA) is 24.4 Å². The molecule has 74 valence electrons. The highest BCUT2D eigenvalue weighted by atomic mass is 19.1. The lowest BCUT2D eigenvalue weighted by Gasteiger charge is -2.11. The second-order valence-electron chi connectivity index (χ2n) is 3.35. The molecule has 0 amide bonds. The molecule has 0 aliphatic carbocycles. The van der Waals surface area contributed by atoms with Gasteiger partial charge in [0.15, 0.2) is 0 Å². The fraction of sp³-hybridized carbons (Fsp3) is 0.300. The van der Waals surface area contributed by atoms with E-state index in [0.29, 0.717) is 17.5 Å². The zero-order valence-corrected chi connectivity index (χ0v) is 7.72. The first-order valence-corrected chi connectivity index (χ1v) is 4.41. The lowest BCUT2D eigenvalue weighted by molar-refractivity contribution is 0.533. The lowest BCUT2D eigenvalue weighted by atomic mass is 10.0. The summed E-state index contributed by atoms with van der Waals surface area (Å²) in [4.78, 5) is 0. The average molecular weight is 196 g/mol. The summed E-state index contributed by atoms with van der Waals surface area (Å²) in [5, 5.41) is 3.77. The van der Waals surface area contributed by atoms with Gasteiger partial charge in [-0.1, -0.05) is 0 Å². The van der Waals surface area contributed by atoms with Crippen LogP contribution in [0.25, 0.3) is 0 Å². The Hall–Kier alpha value is -1.45. The quantitative estimate of drug-likeness (QED) is 0.732. The first-order chi connectivity index (χ1) is 6.68. The normalized spacial score (nSPS) is 19.8. The number of hydrazone groups is 1. The molecule has 1 N–H and O–H groups in total. The zero-order valence-electron chi connectivity index (χ0n) is 7.72. The van der Waals surface area contributed by atoms with E-state index < -0.39 is 0 Å². The van der Waals surface area contributed by atoms with Crippen LogP contribution >= 0.6 is 0 Å². The minimum atomic E-state index is -0.382. The number of nitrogens with zero attached hydrogens (tertiary/aromatic N) is 1. The van der Waals surface area contributed by atoms with E-state index >= 15 is 0 Å². The van der Waals surface area contributed by atoms with Gasteiger partial charge in [-0.25, -0.2) is 8.78 Å². The maximum absolute atomic E-state index is 13.4. The van der Waals surface area contributed by atoms with E-state index in [1.165, 1.54) is 12.1 Å². The van der Waals surface area contributed by atoms with E-state index in [1.807, 2.05) is 0 Å². The van der Waals surface area contributed by atoms with Crippen LogP contribution in [-0.2, 0) is 0 Å². The Morgan fingerprint density at radius 2 is 2.14 bits per heavy atom. The van der Waals surface area contributed by atoms with Crippen molar-refractivity contribution in [2.45, 2.75) is 19.4 Å². The van der Waals surface area contributed by atoms with Gasteiger partial charge in [0.2, 0.25) is 0 Å². The molecular weight excluding hydrogens is 186 g/mol. The molecule has 1 atom stereocenters. The predicted molar refractivity (Wildman–Crippen MR) is 50.1 cm³/mol. The second-order valence-corrected chi connectivity index (χ2v) is 3.35. The Labute approximate surface area is 80.6 Å². The molecule has 1 aromatic carbocycles. The molecular formula is C10H10F2N2. The third-order valence-electron chi connectivity index (χ3n) is 2.32. The highest BCUT2D eigenvalue weighted by Crippen LogP contribution is 2.24. The first-order valence-electron chi connectivity index (χ1n) is 4.41. The number of rotatable bonds is 1. The third-order valence-corrected chi connectivity index (χ3v) is 2.32. The van der Waals surface area contributed by atoms with E-state index in [-0.39, 0.29) is 17.7 Å². The molecule has 0 saturated carbocycles. The number of hydrogen-bond donors (Lipinski definition) is 1. The van der Waals surface area contributed by atoms with E-state index in [0.717, 1.165) is 0 Å². The van der Waals surface area contributed by atoms with Gasteiger partial charge in [-0.15, -0.1) is 0 Å². The minimum Gasteiger partial charge on any atom is -0.302 e. The smallest absolute Gasteiger partial charge is 0.129 e. The lowest BCUT2D eigenvalue weighted by Crippen LogP contribution is -2.12. The summed E-state index contributed by atoms with van der Waals surface area (Å²) in [7, 11) is 0. The van der Waals surface area contributed by atoms with Crippen LogP contribution in [0.4, 0.5) is 8.78 Å².